The minimum atomic E-state index is 0.784. The van der Waals surface area contributed by atoms with Crippen LogP contribution >= 0.6 is 0 Å². The lowest BCUT2D eigenvalue weighted by Gasteiger charge is -2.02. The van der Waals surface area contributed by atoms with Crippen LogP contribution in [0.25, 0.3) is 0 Å². The second kappa shape index (κ2) is 6.51. The number of hydrogen-bond acceptors (Lipinski definition) is 2. The van der Waals surface area contributed by atoms with Crippen molar-refractivity contribution in [2.24, 2.45) is 5.73 Å². The van der Waals surface area contributed by atoms with Gasteiger partial charge in [-0.3, -0.25) is 0 Å². The molecule has 0 amide bonds. The fourth-order valence-corrected chi connectivity index (χ4v) is 1.33. The molecule has 0 aliphatic carbocycles. The van der Waals surface area contributed by atoms with Crippen molar-refractivity contribution >= 4 is 5.69 Å². The third-order valence-electron chi connectivity index (χ3n) is 2.22. The predicted molar refractivity (Wildman–Crippen MR) is 70.8 cm³/mol. The monoisotopic (exact) mass is 214 g/mol. The van der Waals surface area contributed by atoms with E-state index in [1.807, 2.05) is 55.5 Å². The molecule has 0 aliphatic heterocycles. The highest BCUT2D eigenvalue weighted by molar-refractivity contribution is 5.41. The molecule has 84 valence electrons. The van der Waals surface area contributed by atoms with Crippen LogP contribution in [0.1, 0.15) is 12.5 Å². The molecule has 2 nitrogen and oxygen atoms in total. The van der Waals surface area contributed by atoms with E-state index in [9.17, 15) is 0 Å². The maximum Gasteiger partial charge on any atom is 0.0314 e. The summed E-state index contributed by atoms with van der Waals surface area (Å²) < 4.78 is 0. The van der Waals surface area contributed by atoms with E-state index < -0.39 is 0 Å². The number of hydrogen-bond donors (Lipinski definition) is 2. The molecule has 0 spiro atoms. The molecule has 1 aromatic carbocycles. The average molecular weight is 214 g/mol. The normalized spacial score (nSPS) is 12.7. The summed E-state index contributed by atoms with van der Waals surface area (Å²) in [4.78, 5) is 0. The van der Waals surface area contributed by atoms with Gasteiger partial charge < -0.3 is 11.5 Å². The van der Waals surface area contributed by atoms with Crippen LogP contribution in [0.2, 0.25) is 0 Å². The fourth-order valence-electron chi connectivity index (χ4n) is 1.33. The summed E-state index contributed by atoms with van der Waals surface area (Å²) in [5.74, 6) is 0. The van der Waals surface area contributed by atoms with Crippen LogP contribution in [0.4, 0.5) is 5.69 Å². The van der Waals surface area contributed by atoms with E-state index in [1.165, 1.54) is 5.56 Å². The summed E-state index contributed by atoms with van der Waals surface area (Å²) in [7, 11) is 0. The van der Waals surface area contributed by atoms with Crippen LogP contribution in [0, 0.1) is 0 Å². The molecule has 16 heavy (non-hydrogen) atoms. The molecule has 0 fully saturated rings. The molecule has 0 aromatic heterocycles. The van der Waals surface area contributed by atoms with Crippen LogP contribution in [-0.2, 0) is 6.42 Å². The zero-order chi connectivity index (χ0) is 11.8. The first-order valence-electron chi connectivity index (χ1n) is 5.31. The molecule has 1 aromatic rings. The van der Waals surface area contributed by atoms with E-state index in [0.717, 1.165) is 17.7 Å². The van der Waals surface area contributed by atoms with Gasteiger partial charge in [0.1, 0.15) is 0 Å². The van der Waals surface area contributed by atoms with Crippen molar-refractivity contribution in [3.05, 3.63) is 65.9 Å². The van der Waals surface area contributed by atoms with Crippen molar-refractivity contribution in [2.75, 3.05) is 5.73 Å². The molecular formula is C14H18N2. The molecule has 0 aliphatic rings. The highest BCUT2D eigenvalue weighted by atomic mass is 14.5. The van der Waals surface area contributed by atoms with Crippen LogP contribution < -0.4 is 11.5 Å². The average Bonchev–Trinajstić information content (AvgIpc) is 2.31. The maximum absolute atomic E-state index is 5.63. The molecule has 0 unspecified atom stereocenters. The van der Waals surface area contributed by atoms with Crippen LogP contribution in [-0.4, -0.2) is 0 Å². The van der Waals surface area contributed by atoms with E-state index in [0.29, 0.717) is 0 Å². The molecule has 0 heterocycles. The fraction of sp³-hybridized carbons (Fsp3) is 0.143. The van der Waals surface area contributed by atoms with Crippen LogP contribution in [0.15, 0.2) is 60.3 Å². The quantitative estimate of drug-likeness (QED) is 0.598. The summed E-state index contributed by atoms with van der Waals surface area (Å²) in [6.45, 7) is 1.98. The lowest BCUT2D eigenvalue weighted by molar-refractivity contribution is 1.18. The first-order valence-corrected chi connectivity index (χ1v) is 5.31. The van der Waals surface area contributed by atoms with Crippen molar-refractivity contribution < 1.29 is 0 Å². The van der Waals surface area contributed by atoms with E-state index in [-0.39, 0.29) is 0 Å². The summed E-state index contributed by atoms with van der Waals surface area (Å²) in [6, 6.07) is 7.84. The molecule has 4 N–H and O–H groups in total. The number of nitrogens with two attached hydrogens (primary N) is 2. The third-order valence-corrected chi connectivity index (χ3v) is 2.22. The Bertz CT molecular complexity index is 397. The van der Waals surface area contributed by atoms with Crippen molar-refractivity contribution in [3.63, 3.8) is 0 Å². The Kier molecular flexibility index (Phi) is 4.93. The molecule has 0 radical (unpaired) electrons. The number of nitrogen functional groups attached to an aromatic ring is 1. The van der Waals surface area contributed by atoms with Crippen LogP contribution in [0.5, 0.6) is 0 Å². The van der Waals surface area contributed by atoms with Gasteiger partial charge in [-0.15, -0.1) is 0 Å². The Morgan fingerprint density at radius 2 is 1.88 bits per heavy atom. The van der Waals surface area contributed by atoms with Crippen molar-refractivity contribution in [3.8, 4) is 0 Å². The van der Waals surface area contributed by atoms with E-state index in [2.05, 4.69) is 0 Å². The van der Waals surface area contributed by atoms with Gasteiger partial charge in [0.2, 0.25) is 0 Å². The Labute approximate surface area is 97.0 Å². The lowest BCUT2D eigenvalue weighted by Crippen LogP contribution is -1.93. The molecule has 0 saturated heterocycles. The number of benzene rings is 1. The van der Waals surface area contributed by atoms with E-state index in [1.54, 1.807) is 6.20 Å². The molecule has 2 heteroatoms. The highest BCUT2D eigenvalue weighted by Crippen LogP contribution is 2.11. The first-order chi connectivity index (χ1) is 7.76. The van der Waals surface area contributed by atoms with Gasteiger partial charge >= 0.3 is 0 Å². The van der Waals surface area contributed by atoms with E-state index >= 15 is 0 Å². The largest absolute Gasteiger partial charge is 0.404 e. The smallest absolute Gasteiger partial charge is 0.0314 e. The third kappa shape index (κ3) is 4.05. The standard InChI is InChI=1S/C14H18N2/c1-2-3-4-5-13(11-15)10-12-6-8-14(16)9-7-12/h2-9,11H,10,15-16H2,1H3/b3-2-,5-4-,13-11-. The predicted octanol–water partition coefficient (Wildman–Crippen LogP) is 2.79. The highest BCUT2D eigenvalue weighted by Gasteiger charge is 1.95. The topological polar surface area (TPSA) is 52.0 Å². The van der Waals surface area contributed by atoms with Gasteiger partial charge in [0.15, 0.2) is 0 Å². The van der Waals surface area contributed by atoms with Crippen molar-refractivity contribution in [1.82, 2.24) is 0 Å². The molecule has 0 saturated carbocycles. The Balaban J connectivity index is 2.67. The minimum absolute atomic E-state index is 0.784. The zero-order valence-electron chi connectivity index (χ0n) is 9.56. The Morgan fingerprint density at radius 1 is 1.19 bits per heavy atom. The summed E-state index contributed by atoms with van der Waals surface area (Å²) in [6.07, 6.45) is 10.4. The Hall–Kier alpha value is -1.96. The van der Waals surface area contributed by atoms with Crippen molar-refractivity contribution in [1.29, 1.82) is 0 Å². The van der Waals surface area contributed by atoms with Gasteiger partial charge in [0.05, 0.1) is 0 Å². The second-order valence-electron chi connectivity index (χ2n) is 3.54. The van der Waals surface area contributed by atoms with Gasteiger partial charge in [-0.25, -0.2) is 0 Å². The molecule has 0 atom stereocenters. The summed E-state index contributed by atoms with van der Waals surface area (Å²) in [5, 5.41) is 0. The second-order valence-corrected chi connectivity index (χ2v) is 3.54. The van der Waals surface area contributed by atoms with Gasteiger partial charge in [-0.05, 0) is 42.8 Å². The van der Waals surface area contributed by atoms with Gasteiger partial charge in [-0.2, -0.15) is 0 Å². The minimum Gasteiger partial charge on any atom is -0.404 e. The number of rotatable bonds is 4. The molecular weight excluding hydrogens is 196 g/mol. The van der Waals surface area contributed by atoms with Crippen LogP contribution in [0.3, 0.4) is 0 Å². The number of allylic oxidation sites excluding steroid dienone is 5. The van der Waals surface area contributed by atoms with Crippen molar-refractivity contribution in [2.45, 2.75) is 13.3 Å². The maximum atomic E-state index is 5.63. The number of anilines is 1. The zero-order valence-corrected chi connectivity index (χ0v) is 9.56. The van der Waals surface area contributed by atoms with Gasteiger partial charge in [0.25, 0.3) is 0 Å². The van der Waals surface area contributed by atoms with E-state index in [4.69, 9.17) is 11.5 Å². The Morgan fingerprint density at radius 3 is 2.44 bits per heavy atom. The molecule has 0 bridgehead atoms. The first kappa shape index (κ1) is 12.1. The van der Waals surface area contributed by atoms with Gasteiger partial charge in [-0.1, -0.05) is 36.4 Å². The lowest BCUT2D eigenvalue weighted by atomic mass is 10.1. The summed E-state index contributed by atoms with van der Waals surface area (Å²) >= 11 is 0. The molecule has 1 rings (SSSR count). The SMILES string of the molecule is C\C=C/C=C\C(=C\N)Cc1ccc(N)cc1. The summed E-state index contributed by atoms with van der Waals surface area (Å²) in [5.41, 5.74) is 14.3. The van der Waals surface area contributed by atoms with Gasteiger partial charge in [0, 0.05) is 5.69 Å².